The average molecular weight is 431 g/mol. The smallest absolute Gasteiger partial charge is 0.276 e. The van der Waals surface area contributed by atoms with Crippen molar-refractivity contribution in [2.45, 2.75) is 19.5 Å². The summed E-state index contributed by atoms with van der Waals surface area (Å²) in [7, 11) is 0. The Labute approximate surface area is 175 Å². The fourth-order valence-electron chi connectivity index (χ4n) is 2.80. The summed E-state index contributed by atoms with van der Waals surface area (Å²) in [6, 6.07) is 6.95. The van der Waals surface area contributed by atoms with Crippen LogP contribution in [0.25, 0.3) is 0 Å². The third-order valence-corrected chi connectivity index (χ3v) is 5.83. The molecule has 3 rings (SSSR count). The maximum atomic E-state index is 13.2. The second-order valence-electron chi connectivity index (χ2n) is 6.25. The van der Waals surface area contributed by atoms with E-state index in [1.807, 2.05) is 18.4 Å². The van der Waals surface area contributed by atoms with Crippen molar-refractivity contribution < 1.29 is 14.0 Å². The van der Waals surface area contributed by atoms with E-state index in [9.17, 15) is 14.0 Å². The molecule has 150 valence electrons. The number of nitrogens with zero attached hydrogens (tertiary/aromatic N) is 3. The van der Waals surface area contributed by atoms with Crippen LogP contribution in [0.3, 0.4) is 0 Å². The molecule has 29 heavy (non-hydrogen) atoms. The lowest BCUT2D eigenvalue weighted by atomic mass is 10.1. The lowest BCUT2D eigenvalue weighted by Crippen LogP contribution is -2.43. The van der Waals surface area contributed by atoms with E-state index in [1.54, 1.807) is 23.6 Å². The number of carbonyl (C=O) groups excluding carboxylic acids is 2. The molecule has 3 aromatic rings. The number of nitrogens with one attached hydrogen (secondary N) is 1. The number of hydrogen-bond donors (Lipinski definition) is 1. The van der Waals surface area contributed by atoms with E-state index in [-0.39, 0.29) is 30.5 Å². The van der Waals surface area contributed by atoms with E-state index >= 15 is 0 Å². The van der Waals surface area contributed by atoms with Crippen LogP contribution in [0.1, 0.15) is 32.5 Å². The van der Waals surface area contributed by atoms with E-state index in [0.29, 0.717) is 0 Å². The molecule has 0 aliphatic heterocycles. The van der Waals surface area contributed by atoms with Gasteiger partial charge in [-0.3, -0.25) is 9.59 Å². The summed E-state index contributed by atoms with van der Waals surface area (Å²) in [6.45, 7) is 6.00. The molecule has 0 spiro atoms. The molecule has 1 atom stereocenters. The lowest BCUT2D eigenvalue weighted by Gasteiger charge is -2.29. The van der Waals surface area contributed by atoms with Crippen molar-refractivity contribution in [1.82, 2.24) is 19.8 Å². The zero-order chi connectivity index (χ0) is 20.8. The summed E-state index contributed by atoms with van der Waals surface area (Å²) in [6.07, 6.45) is 1.57. The van der Waals surface area contributed by atoms with Crippen molar-refractivity contribution in [3.05, 3.63) is 81.3 Å². The predicted molar refractivity (Wildman–Crippen MR) is 111 cm³/mol. The first kappa shape index (κ1) is 20.8. The predicted octanol–water partition coefficient (Wildman–Crippen LogP) is 3.73. The van der Waals surface area contributed by atoms with Gasteiger partial charge in [-0.2, -0.15) is 0 Å². The fraction of sp³-hybridized carbons (Fsp3) is 0.200. The molecule has 9 heteroatoms. The summed E-state index contributed by atoms with van der Waals surface area (Å²) in [4.78, 5) is 28.4. The minimum atomic E-state index is -0.845. The highest BCUT2D eigenvalue weighted by Gasteiger charge is 2.34. The number of halogens is 1. The van der Waals surface area contributed by atoms with E-state index in [2.05, 4.69) is 21.5 Å². The Morgan fingerprint density at radius 3 is 2.66 bits per heavy atom. The summed E-state index contributed by atoms with van der Waals surface area (Å²) in [5.74, 6) is -1.07. The number of carbonyl (C=O) groups is 2. The van der Waals surface area contributed by atoms with Crippen LogP contribution < -0.4 is 5.32 Å². The molecule has 1 aromatic carbocycles. The van der Waals surface area contributed by atoms with Gasteiger partial charge in [-0.05, 0) is 53.2 Å². The van der Waals surface area contributed by atoms with Gasteiger partial charge in [-0.25, -0.2) is 4.39 Å². The van der Waals surface area contributed by atoms with Crippen molar-refractivity contribution in [2.75, 3.05) is 6.54 Å². The highest BCUT2D eigenvalue weighted by atomic mass is 32.1. The number of thiophene rings is 1. The standard InChI is InChI=1S/C20H19FN4O2S2/c1-3-9-25(20(27)16-12-29-24-23-16)17(18-13(2)8-10-28-18)19(26)22-11-14-4-6-15(21)7-5-14/h3-8,10,12,17H,1,9,11H2,2H3,(H,22,26)/t17-/m1/s1. The number of hydrogen-bond acceptors (Lipinski definition) is 6. The summed E-state index contributed by atoms with van der Waals surface area (Å²) < 4.78 is 16.9. The van der Waals surface area contributed by atoms with E-state index in [1.165, 1.54) is 28.4 Å². The van der Waals surface area contributed by atoms with Crippen molar-refractivity contribution >= 4 is 34.7 Å². The number of aromatic nitrogens is 2. The van der Waals surface area contributed by atoms with Gasteiger partial charge in [0.2, 0.25) is 5.91 Å². The van der Waals surface area contributed by atoms with Gasteiger partial charge in [-0.15, -0.1) is 23.0 Å². The summed E-state index contributed by atoms with van der Waals surface area (Å²) >= 11 is 2.48. The van der Waals surface area contributed by atoms with Crippen LogP contribution in [-0.4, -0.2) is 32.8 Å². The third-order valence-electron chi connectivity index (χ3n) is 4.26. The molecule has 2 heterocycles. The number of rotatable bonds is 8. The summed E-state index contributed by atoms with van der Waals surface area (Å²) in [5.41, 5.74) is 1.85. The average Bonchev–Trinajstić information content (AvgIpc) is 3.39. The molecule has 2 amide bonds. The molecule has 0 saturated carbocycles. The maximum Gasteiger partial charge on any atom is 0.276 e. The van der Waals surface area contributed by atoms with Crippen LogP contribution in [0.4, 0.5) is 4.39 Å². The Bertz CT molecular complexity index is 986. The third kappa shape index (κ3) is 4.93. The number of amides is 2. The minimum Gasteiger partial charge on any atom is -0.350 e. The van der Waals surface area contributed by atoms with Gasteiger partial charge in [0, 0.05) is 23.3 Å². The first-order valence-electron chi connectivity index (χ1n) is 8.76. The van der Waals surface area contributed by atoms with Gasteiger partial charge in [0.15, 0.2) is 5.69 Å². The first-order valence-corrected chi connectivity index (χ1v) is 10.5. The van der Waals surface area contributed by atoms with E-state index < -0.39 is 11.9 Å². The molecule has 0 bridgehead atoms. The van der Waals surface area contributed by atoms with Crippen LogP contribution >= 0.6 is 22.9 Å². The molecule has 0 fully saturated rings. The van der Waals surface area contributed by atoms with Gasteiger partial charge in [0.1, 0.15) is 11.9 Å². The highest BCUT2D eigenvalue weighted by molar-refractivity contribution is 7.10. The van der Waals surface area contributed by atoms with Crippen LogP contribution in [0.2, 0.25) is 0 Å². The van der Waals surface area contributed by atoms with E-state index in [4.69, 9.17) is 0 Å². The van der Waals surface area contributed by atoms with Crippen molar-refractivity contribution in [2.24, 2.45) is 0 Å². The van der Waals surface area contributed by atoms with Crippen LogP contribution in [0.5, 0.6) is 0 Å². The molecular weight excluding hydrogens is 411 g/mol. The SMILES string of the molecule is C=CCN(C(=O)c1csnn1)[C@@H](C(=O)NCc1ccc(F)cc1)c1sccc1C. The largest absolute Gasteiger partial charge is 0.350 e. The second kappa shape index (κ2) is 9.53. The molecule has 0 saturated heterocycles. The van der Waals surface area contributed by atoms with Gasteiger partial charge in [0.25, 0.3) is 5.91 Å². The second-order valence-corrected chi connectivity index (χ2v) is 7.81. The van der Waals surface area contributed by atoms with Gasteiger partial charge < -0.3 is 10.2 Å². The van der Waals surface area contributed by atoms with Crippen LogP contribution in [-0.2, 0) is 11.3 Å². The minimum absolute atomic E-state index is 0.169. The molecule has 1 N–H and O–H groups in total. The van der Waals surface area contributed by atoms with Crippen LogP contribution in [0, 0.1) is 12.7 Å². The molecule has 0 aliphatic rings. The topological polar surface area (TPSA) is 75.2 Å². The number of benzene rings is 1. The van der Waals surface area contributed by atoms with Gasteiger partial charge in [0.05, 0.1) is 0 Å². The molecule has 0 unspecified atom stereocenters. The normalized spacial score (nSPS) is 11.7. The zero-order valence-corrected chi connectivity index (χ0v) is 17.3. The Kier molecular flexibility index (Phi) is 6.84. The molecule has 6 nitrogen and oxygen atoms in total. The number of aryl methyl sites for hydroxylation is 1. The fourth-order valence-corrected chi connectivity index (χ4v) is 4.27. The van der Waals surface area contributed by atoms with Gasteiger partial charge >= 0.3 is 0 Å². The highest BCUT2D eigenvalue weighted by Crippen LogP contribution is 2.30. The molecular formula is C20H19FN4O2S2. The maximum absolute atomic E-state index is 13.2. The zero-order valence-electron chi connectivity index (χ0n) is 15.7. The quantitative estimate of drug-likeness (QED) is 0.553. The molecule has 2 aromatic heterocycles. The van der Waals surface area contributed by atoms with E-state index in [0.717, 1.165) is 27.5 Å². The van der Waals surface area contributed by atoms with Crippen molar-refractivity contribution in [3.8, 4) is 0 Å². The van der Waals surface area contributed by atoms with Crippen molar-refractivity contribution in [1.29, 1.82) is 0 Å². The Morgan fingerprint density at radius 2 is 2.07 bits per heavy atom. The molecule has 0 radical (unpaired) electrons. The first-order chi connectivity index (χ1) is 14.0. The lowest BCUT2D eigenvalue weighted by molar-refractivity contribution is -0.125. The van der Waals surface area contributed by atoms with Crippen LogP contribution in [0.15, 0.2) is 53.7 Å². The Hall–Kier alpha value is -2.91. The van der Waals surface area contributed by atoms with Crippen molar-refractivity contribution in [3.63, 3.8) is 0 Å². The Morgan fingerprint density at radius 1 is 1.31 bits per heavy atom. The molecule has 0 aliphatic carbocycles. The Balaban J connectivity index is 1.89. The monoisotopic (exact) mass is 430 g/mol. The van der Waals surface area contributed by atoms with Gasteiger partial charge in [-0.1, -0.05) is 22.7 Å². The summed E-state index contributed by atoms with van der Waals surface area (Å²) in [5, 5.41) is 10.1.